The minimum Gasteiger partial charge on any atom is -0.459 e. The highest BCUT2D eigenvalue weighted by Gasteiger charge is 2.28. The minimum atomic E-state index is -0.0727. The molecule has 0 saturated heterocycles. The van der Waals surface area contributed by atoms with E-state index in [1.54, 1.807) is 30.9 Å². The number of fused-ring (bicyclic) bond motifs is 1. The number of carbonyl (C=O) groups is 1. The Hall–Kier alpha value is -3.16. The van der Waals surface area contributed by atoms with Crippen LogP contribution in [0.1, 0.15) is 28.2 Å². The molecule has 1 aliphatic rings. The second kappa shape index (κ2) is 7.61. The summed E-state index contributed by atoms with van der Waals surface area (Å²) in [5.41, 5.74) is 1.90. The maximum Gasteiger partial charge on any atom is 0.290 e. The summed E-state index contributed by atoms with van der Waals surface area (Å²) in [6.45, 7) is 4.58. The Morgan fingerprint density at radius 1 is 1.26 bits per heavy atom. The Balaban J connectivity index is 1.47. The molecule has 0 saturated carbocycles. The molecule has 1 amide bonds. The monoisotopic (exact) mass is 366 g/mol. The molecule has 0 fully saturated rings. The van der Waals surface area contributed by atoms with Crippen molar-refractivity contribution < 1.29 is 9.21 Å². The molecule has 0 bridgehead atoms. The fourth-order valence-electron chi connectivity index (χ4n) is 3.38. The number of aromatic nitrogens is 4. The minimum absolute atomic E-state index is 0.0727. The van der Waals surface area contributed by atoms with E-state index in [0.29, 0.717) is 24.8 Å². The number of anilines is 1. The van der Waals surface area contributed by atoms with Crippen molar-refractivity contribution in [3.63, 3.8) is 0 Å². The molecule has 8 nitrogen and oxygen atoms in total. The van der Waals surface area contributed by atoms with Gasteiger partial charge in [-0.3, -0.25) is 9.48 Å². The van der Waals surface area contributed by atoms with Crippen molar-refractivity contribution in [1.82, 2.24) is 24.6 Å². The molecular formula is C19H22N6O2. The van der Waals surface area contributed by atoms with Crippen molar-refractivity contribution in [2.45, 2.75) is 26.4 Å². The second-order valence-corrected chi connectivity index (χ2v) is 6.78. The molecule has 27 heavy (non-hydrogen) atoms. The van der Waals surface area contributed by atoms with Gasteiger partial charge in [0.15, 0.2) is 5.76 Å². The van der Waals surface area contributed by atoms with Crippen molar-refractivity contribution in [1.29, 1.82) is 0 Å². The third kappa shape index (κ3) is 3.84. The highest BCUT2D eigenvalue weighted by molar-refractivity contribution is 5.92. The van der Waals surface area contributed by atoms with Crippen molar-refractivity contribution in [2.75, 3.05) is 18.4 Å². The van der Waals surface area contributed by atoms with Crippen LogP contribution >= 0.6 is 0 Å². The second-order valence-electron chi connectivity index (χ2n) is 6.78. The number of nitrogens with zero attached hydrogens (tertiary/aromatic N) is 5. The molecule has 0 aliphatic carbocycles. The Morgan fingerprint density at radius 3 is 2.89 bits per heavy atom. The molecule has 1 aliphatic heterocycles. The molecule has 0 radical (unpaired) electrons. The van der Waals surface area contributed by atoms with Gasteiger partial charge >= 0.3 is 0 Å². The van der Waals surface area contributed by atoms with E-state index < -0.39 is 0 Å². The first-order valence-electron chi connectivity index (χ1n) is 9.05. The summed E-state index contributed by atoms with van der Waals surface area (Å²) in [6, 6.07) is 5.57. The van der Waals surface area contributed by atoms with Crippen LogP contribution in [0, 0.1) is 12.8 Å². The predicted molar refractivity (Wildman–Crippen MR) is 99.0 cm³/mol. The van der Waals surface area contributed by atoms with Crippen LogP contribution in [0.4, 0.5) is 5.95 Å². The number of furan rings is 1. The maximum absolute atomic E-state index is 13.0. The zero-order valence-electron chi connectivity index (χ0n) is 15.2. The van der Waals surface area contributed by atoms with Crippen molar-refractivity contribution in [2.24, 2.45) is 5.92 Å². The molecule has 8 heteroatoms. The zero-order chi connectivity index (χ0) is 18.6. The van der Waals surface area contributed by atoms with E-state index in [1.807, 2.05) is 28.6 Å². The zero-order valence-corrected chi connectivity index (χ0v) is 15.2. The van der Waals surface area contributed by atoms with E-state index in [9.17, 15) is 4.79 Å². The van der Waals surface area contributed by atoms with Crippen LogP contribution in [-0.2, 0) is 13.1 Å². The van der Waals surface area contributed by atoms with Gasteiger partial charge in [-0.15, -0.1) is 0 Å². The molecule has 4 heterocycles. The van der Waals surface area contributed by atoms with Crippen LogP contribution in [0.5, 0.6) is 0 Å². The Kier molecular flexibility index (Phi) is 4.86. The van der Waals surface area contributed by atoms with E-state index in [4.69, 9.17) is 4.42 Å². The number of aryl methyl sites for hydroxylation is 1. The summed E-state index contributed by atoms with van der Waals surface area (Å²) in [4.78, 5) is 23.2. The van der Waals surface area contributed by atoms with Gasteiger partial charge in [-0.25, -0.2) is 9.97 Å². The molecular weight excluding hydrogens is 344 g/mol. The average molecular weight is 366 g/mol. The molecule has 0 aromatic carbocycles. The average Bonchev–Trinajstić information content (AvgIpc) is 3.26. The fourth-order valence-corrected chi connectivity index (χ4v) is 3.38. The van der Waals surface area contributed by atoms with E-state index in [1.165, 1.54) is 0 Å². The molecule has 4 rings (SSSR count). The third-order valence-corrected chi connectivity index (χ3v) is 4.81. The lowest BCUT2D eigenvalue weighted by atomic mass is 10.0. The van der Waals surface area contributed by atoms with Crippen LogP contribution in [0.3, 0.4) is 0 Å². The lowest BCUT2D eigenvalue weighted by molar-refractivity contribution is 0.0686. The summed E-state index contributed by atoms with van der Waals surface area (Å²) in [5.74, 6) is 1.22. The van der Waals surface area contributed by atoms with Gasteiger partial charge in [-0.2, -0.15) is 5.10 Å². The van der Waals surface area contributed by atoms with Crippen LogP contribution in [0.2, 0.25) is 0 Å². The Bertz CT molecular complexity index is 904. The lowest BCUT2D eigenvalue weighted by Gasteiger charge is -2.23. The van der Waals surface area contributed by atoms with E-state index in [-0.39, 0.29) is 11.8 Å². The van der Waals surface area contributed by atoms with Crippen molar-refractivity contribution in [3.05, 3.63) is 60.1 Å². The summed E-state index contributed by atoms with van der Waals surface area (Å²) in [5, 5.41) is 7.65. The van der Waals surface area contributed by atoms with Crippen molar-refractivity contribution >= 4 is 11.9 Å². The SMILES string of the molecule is Cc1ccoc1C(=O)N1Cc2ccnn2C[C@@H](CCNc2ncccn2)C1. The van der Waals surface area contributed by atoms with Crippen LogP contribution in [0.15, 0.2) is 47.5 Å². The summed E-state index contributed by atoms with van der Waals surface area (Å²) >= 11 is 0. The maximum atomic E-state index is 13.0. The predicted octanol–water partition coefficient (Wildman–Crippen LogP) is 2.35. The van der Waals surface area contributed by atoms with Gasteiger partial charge in [0.25, 0.3) is 5.91 Å². The largest absolute Gasteiger partial charge is 0.459 e. The first-order chi connectivity index (χ1) is 13.2. The molecule has 1 N–H and O–H groups in total. The van der Waals surface area contributed by atoms with Crippen LogP contribution < -0.4 is 5.32 Å². The Morgan fingerprint density at radius 2 is 2.11 bits per heavy atom. The number of nitrogens with one attached hydrogen (secondary N) is 1. The van der Waals surface area contributed by atoms with Gasteiger partial charge < -0.3 is 14.6 Å². The standard InChI is InChI=1S/C19H22N6O2/c1-14-5-10-27-17(14)18(26)24-11-15(12-25-16(13-24)4-9-23-25)3-8-22-19-20-6-2-7-21-19/h2,4-7,9-10,15H,3,8,11-13H2,1H3,(H,20,21,22)/t15-/m0/s1. The topological polar surface area (TPSA) is 89.1 Å². The van der Waals surface area contributed by atoms with Gasteiger partial charge in [-0.05, 0) is 37.5 Å². The molecule has 3 aromatic rings. The number of hydrogen-bond donors (Lipinski definition) is 1. The van der Waals surface area contributed by atoms with E-state index >= 15 is 0 Å². The first-order valence-corrected chi connectivity index (χ1v) is 9.05. The van der Waals surface area contributed by atoms with Crippen LogP contribution in [-0.4, -0.2) is 43.6 Å². The van der Waals surface area contributed by atoms with Gasteiger partial charge in [0.1, 0.15) is 0 Å². The number of rotatable bonds is 5. The van der Waals surface area contributed by atoms with Crippen molar-refractivity contribution in [3.8, 4) is 0 Å². The summed E-state index contributed by atoms with van der Waals surface area (Å²) in [6.07, 6.45) is 7.64. The van der Waals surface area contributed by atoms with Gasteiger partial charge in [0.05, 0.1) is 18.5 Å². The quantitative estimate of drug-likeness (QED) is 0.746. The van der Waals surface area contributed by atoms with Gasteiger partial charge in [0, 0.05) is 43.8 Å². The number of hydrogen-bond acceptors (Lipinski definition) is 6. The smallest absolute Gasteiger partial charge is 0.290 e. The van der Waals surface area contributed by atoms with Gasteiger partial charge in [0.2, 0.25) is 5.95 Å². The van der Waals surface area contributed by atoms with Gasteiger partial charge in [-0.1, -0.05) is 0 Å². The normalized spacial score (nSPS) is 16.6. The molecule has 0 unspecified atom stereocenters. The molecule has 3 aromatic heterocycles. The summed E-state index contributed by atoms with van der Waals surface area (Å²) in [7, 11) is 0. The molecule has 140 valence electrons. The fraction of sp³-hybridized carbons (Fsp3) is 0.368. The Labute approximate surface area is 157 Å². The summed E-state index contributed by atoms with van der Waals surface area (Å²) < 4.78 is 7.41. The lowest BCUT2D eigenvalue weighted by Crippen LogP contribution is -2.34. The number of carbonyl (C=O) groups excluding carboxylic acids is 1. The third-order valence-electron chi connectivity index (χ3n) is 4.81. The molecule has 0 spiro atoms. The van der Waals surface area contributed by atoms with E-state index in [0.717, 1.165) is 30.8 Å². The highest BCUT2D eigenvalue weighted by atomic mass is 16.3. The molecule has 1 atom stereocenters. The number of amides is 1. The first kappa shape index (κ1) is 17.3. The van der Waals surface area contributed by atoms with Crippen LogP contribution in [0.25, 0.3) is 0 Å². The van der Waals surface area contributed by atoms with E-state index in [2.05, 4.69) is 20.4 Å². The highest BCUT2D eigenvalue weighted by Crippen LogP contribution is 2.21.